The lowest BCUT2D eigenvalue weighted by molar-refractivity contribution is 0.0173. The molecular formula is C12H26N2O. The summed E-state index contributed by atoms with van der Waals surface area (Å²) in [6.07, 6.45) is 1.56. The molecule has 1 saturated heterocycles. The van der Waals surface area contributed by atoms with Crippen molar-refractivity contribution in [3.05, 3.63) is 0 Å². The summed E-state index contributed by atoms with van der Waals surface area (Å²) < 4.78 is 5.67. The smallest absolute Gasteiger partial charge is 0.0712 e. The molecular weight excluding hydrogens is 188 g/mol. The minimum atomic E-state index is 0.389. The molecule has 90 valence electrons. The van der Waals surface area contributed by atoms with Gasteiger partial charge < -0.3 is 15.0 Å². The van der Waals surface area contributed by atoms with Gasteiger partial charge in [0.2, 0.25) is 0 Å². The molecule has 1 aliphatic rings. The van der Waals surface area contributed by atoms with Crippen LogP contribution in [0.1, 0.15) is 27.2 Å². The number of hydrogen-bond donors (Lipinski definition) is 1. The summed E-state index contributed by atoms with van der Waals surface area (Å²) >= 11 is 0. The molecule has 0 bridgehead atoms. The Morgan fingerprint density at radius 1 is 1.40 bits per heavy atom. The molecule has 1 unspecified atom stereocenters. The zero-order valence-electron chi connectivity index (χ0n) is 10.7. The van der Waals surface area contributed by atoms with Crippen LogP contribution in [0.5, 0.6) is 0 Å². The fourth-order valence-corrected chi connectivity index (χ4v) is 2.06. The van der Waals surface area contributed by atoms with E-state index in [2.05, 4.69) is 38.0 Å². The van der Waals surface area contributed by atoms with Crippen LogP contribution in [0.3, 0.4) is 0 Å². The quantitative estimate of drug-likeness (QED) is 0.764. The highest BCUT2D eigenvalue weighted by Crippen LogP contribution is 2.14. The van der Waals surface area contributed by atoms with E-state index in [1.165, 1.54) is 0 Å². The second-order valence-electron chi connectivity index (χ2n) is 5.78. The Kier molecular flexibility index (Phi) is 5.03. The molecule has 1 heterocycles. The van der Waals surface area contributed by atoms with Crippen molar-refractivity contribution in [1.82, 2.24) is 10.2 Å². The van der Waals surface area contributed by atoms with Crippen LogP contribution in [-0.2, 0) is 4.74 Å². The van der Waals surface area contributed by atoms with Crippen LogP contribution in [0.4, 0.5) is 0 Å². The van der Waals surface area contributed by atoms with Crippen molar-refractivity contribution >= 4 is 0 Å². The molecule has 1 atom stereocenters. The zero-order chi connectivity index (χ0) is 11.3. The molecule has 0 radical (unpaired) electrons. The van der Waals surface area contributed by atoms with Crippen LogP contribution in [-0.4, -0.2) is 50.8 Å². The monoisotopic (exact) mass is 214 g/mol. The summed E-state index contributed by atoms with van der Waals surface area (Å²) in [5.74, 6) is 0. The maximum absolute atomic E-state index is 5.67. The molecule has 0 aromatic carbocycles. The van der Waals surface area contributed by atoms with Crippen LogP contribution in [0.25, 0.3) is 0 Å². The van der Waals surface area contributed by atoms with Crippen molar-refractivity contribution in [3.63, 3.8) is 0 Å². The van der Waals surface area contributed by atoms with Gasteiger partial charge in [-0.05, 0) is 18.9 Å². The summed E-state index contributed by atoms with van der Waals surface area (Å²) in [5.41, 5.74) is 0.389. The molecule has 0 spiro atoms. The fourth-order valence-electron chi connectivity index (χ4n) is 2.06. The van der Waals surface area contributed by atoms with Crippen LogP contribution in [0.2, 0.25) is 0 Å². The Balaban J connectivity index is 2.12. The minimum absolute atomic E-state index is 0.389. The van der Waals surface area contributed by atoms with Crippen LogP contribution < -0.4 is 5.32 Å². The van der Waals surface area contributed by atoms with Crippen molar-refractivity contribution in [2.45, 2.75) is 33.3 Å². The largest absolute Gasteiger partial charge is 0.376 e. The molecule has 1 N–H and O–H groups in total. The Morgan fingerprint density at radius 2 is 2.13 bits per heavy atom. The van der Waals surface area contributed by atoms with Crippen molar-refractivity contribution in [2.75, 3.05) is 39.8 Å². The van der Waals surface area contributed by atoms with Gasteiger partial charge in [-0.15, -0.1) is 0 Å². The highest BCUT2D eigenvalue weighted by atomic mass is 16.5. The lowest BCUT2D eigenvalue weighted by Gasteiger charge is -2.29. The van der Waals surface area contributed by atoms with Gasteiger partial charge >= 0.3 is 0 Å². The SMILES string of the molecule is CN(CCC1CNCCO1)CC(C)(C)C. The Labute approximate surface area is 94.2 Å². The maximum Gasteiger partial charge on any atom is 0.0712 e. The van der Waals surface area contributed by atoms with Crippen LogP contribution in [0.15, 0.2) is 0 Å². The summed E-state index contributed by atoms with van der Waals surface area (Å²) in [7, 11) is 2.20. The van der Waals surface area contributed by atoms with Gasteiger partial charge in [0.05, 0.1) is 12.7 Å². The van der Waals surface area contributed by atoms with Gasteiger partial charge in [-0.25, -0.2) is 0 Å². The highest BCUT2D eigenvalue weighted by Gasteiger charge is 2.16. The molecule has 0 aromatic rings. The van der Waals surface area contributed by atoms with E-state index in [-0.39, 0.29) is 0 Å². The van der Waals surface area contributed by atoms with E-state index in [1.807, 2.05) is 0 Å². The summed E-state index contributed by atoms with van der Waals surface area (Å²) in [5, 5.41) is 3.36. The second kappa shape index (κ2) is 5.83. The Hall–Kier alpha value is -0.120. The van der Waals surface area contributed by atoms with Gasteiger partial charge in [0.1, 0.15) is 0 Å². The third-order valence-electron chi connectivity index (χ3n) is 2.58. The Morgan fingerprint density at radius 3 is 2.67 bits per heavy atom. The predicted octanol–water partition coefficient (Wildman–Crippen LogP) is 1.34. The number of nitrogens with zero attached hydrogens (tertiary/aromatic N) is 1. The molecule has 1 fully saturated rings. The molecule has 0 amide bonds. The summed E-state index contributed by atoms with van der Waals surface area (Å²) in [4.78, 5) is 2.40. The molecule has 3 heteroatoms. The first kappa shape index (κ1) is 12.9. The average molecular weight is 214 g/mol. The number of morpholine rings is 1. The zero-order valence-corrected chi connectivity index (χ0v) is 10.7. The molecule has 15 heavy (non-hydrogen) atoms. The number of hydrogen-bond acceptors (Lipinski definition) is 3. The van der Waals surface area contributed by atoms with Gasteiger partial charge in [-0.3, -0.25) is 0 Å². The van der Waals surface area contributed by atoms with E-state index in [9.17, 15) is 0 Å². The van der Waals surface area contributed by atoms with Crippen molar-refractivity contribution in [3.8, 4) is 0 Å². The summed E-state index contributed by atoms with van der Waals surface area (Å²) in [6.45, 7) is 12.0. The topological polar surface area (TPSA) is 24.5 Å². The van der Waals surface area contributed by atoms with Crippen LogP contribution >= 0.6 is 0 Å². The van der Waals surface area contributed by atoms with E-state index >= 15 is 0 Å². The average Bonchev–Trinajstić information content (AvgIpc) is 2.14. The van der Waals surface area contributed by atoms with E-state index in [0.29, 0.717) is 11.5 Å². The van der Waals surface area contributed by atoms with Crippen molar-refractivity contribution in [2.24, 2.45) is 5.41 Å². The Bertz CT molecular complexity index is 171. The normalized spacial score (nSPS) is 23.4. The van der Waals surface area contributed by atoms with Crippen LogP contribution in [0, 0.1) is 5.41 Å². The number of nitrogens with one attached hydrogen (secondary N) is 1. The second-order valence-corrected chi connectivity index (χ2v) is 5.78. The lowest BCUT2D eigenvalue weighted by atomic mass is 9.96. The molecule has 3 nitrogen and oxygen atoms in total. The van der Waals surface area contributed by atoms with E-state index in [4.69, 9.17) is 4.74 Å². The van der Waals surface area contributed by atoms with E-state index < -0.39 is 0 Å². The lowest BCUT2D eigenvalue weighted by Crippen LogP contribution is -2.40. The fraction of sp³-hybridized carbons (Fsp3) is 1.00. The first-order valence-corrected chi connectivity index (χ1v) is 5.98. The minimum Gasteiger partial charge on any atom is -0.376 e. The molecule has 0 aromatic heterocycles. The number of rotatable bonds is 4. The van der Waals surface area contributed by atoms with Gasteiger partial charge in [0.15, 0.2) is 0 Å². The third kappa shape index (κ3) is 6.13. The first-order chi connectivity index (χ1) is 6.97. The molecule has 1 rings (SSSR count). The third-order valence-corrected chi connectivity index (χ3v) is 2.58. The van der Waals surface area contributed by atoms with E-state index in [1.54, 1.807) is 0 Å². The van der Waals surface area contributed by atoms with Gasteiger partial charge in [-0.1, -0.05) is 20.8 Å². The van der Waals surface area contributed by atoms with Gasteiger partial charge in [0, 0.05) is 26.2 Å². The number of ether oxygens (including phenoxy) is 1. The van der Waals surface area contributed by atoms with Gasteiger partial charge in [0.25, 0.3) is 0 Å². The van der Waals surface area contributed by atoms with Gasteiger partial charge in [-0.2, -0.15) is 0 Å². The van der Waals surface area contributed by atoms with E-state index in [0.717, 1.165) is 39.2 Å². The summed E-state index contributed by atoms with van der Waals surface area (Å²) in [6, 6.07) is 0. The first-order valence-electron chi connectivity index (χ1n) is 5.98. The highest BCUT2D eigenvalue weighted by molar-refractivity contribution is 4.71. The predicted molar refractivity (Wildman–Crippen MR) is 64.2 cm³/mol. The molecule has 0 saturated carbocycles. The molecule has 1 aliphatic heterocycles. The maximum atomic E-state index is 5.67. The standard InChI is InChI=1S/C12H26N2O/c1-12(2,3)10-14(4)7-5-11-9-13-6-8-15-11/h11,13H,5-10H2,1-4H3. The molecule has 0 aliphatic carbocycles. The van der Waals surface area contributed by atoms with Crippen molar-refractivity contribution < 1.29 is 4.74 Å². The van der Waals surface area contributed by atoms with Crippen molar-refractivity contribution in [1.29, 1.82) is 0 Å².